The van der Waals surface area contributed by atoms with Crippen molar-refractivity contribution < 1.29 is 8.42 Å². The number of benzene rings is 1. The zero-order valence-corrected chi connectivity index (χ0v) is 11.0. The lowest BCUT2D eigenvalue weighted by molar-refractivity contribution is 0.599. The van der Waals surface area contributed by atoms with E-state index in [1.54, 1.807) is 0 Å². The maximum Gasteiger partial charge on any atom is 0.278 e. The zero-order chi connectivity index (χ0) is 12.6. The highest BCUT2D eigenvalue weighted by Crippen LogP contribution is 2.21. The molecule has 2 rings (SSSR count). The summed E-state index contributed by atoms with van der Waals surface area (Å²) in [7, 11) is 1.56. The summed E-state index contributed by atoms with van der Waals surface area (Å²) in [6.07, 6.45) is 1.41. The van der Waals surface area contributed by atoms with E-state index in [4.69, 9.17) is 10.7 Å². The average molecular weight is 271 g/mol. The number of halogens is 1. The average Bonchev–Trinajstić information content (AvgIpc) is 2.69. The van der Waals surface area contributed by atoms with Crippen LogP contribution in [0, 0.1) is 13.8 Å². The minimum atomic E-state index is -3.80. The monoisotopic (exact) mass is 270 g/mol. The van der Waals surface area contributed by atoms with Crippen LogP contribution in [0.25, 0.3) is 5.69 Å². The third kappa shape index (κ3) is 2.35. The van der Waals surface area contributed by atoms with Crippen molar-refractivity contribution in [3.63, 3.8) is 0 Å². The minimum Gasteiger partial charge on any atom is -0.221 e. The quantitative estimate of drug-likeness (QED) is 0.788. The topological polar surface area (TPSA) is 52.0 Å². The van der Waals surface area contributed by atoms with Crippen LogP contribution < -0.4 is 0 Å². The first-order chi connectivity index (χ1) is 7.89. The molecule has 0 aliphatic heterocycles. The maximum absolute atomic E-state index is 11.4. The van der Waals surface area contributed by atoms with E-state index in [2.05, 4.69) is 5.10 Å². The van der Waals surface area contributed by atoms with Crippen LogP contribution in [0.3, 0.4) is 0 Å². The summed E-state index contributed by atoms with van der Waals surface area (Å²) in [4.78, 5) is 0. The van der Waals surface area contributed by atoms with Gasteiger partial charge in [-0.05, 0) is 37.1 Å². The molecule has 0 radical (unpaired) electrons. The Morgan fingerprint density at radius 2 is 1.94 bits per heavy atom. The number of rotatable bonds is 2. The van der Waals surface area contributed by atoms with Gasteiger partial charge in [0, 0.05) is 10.7 Å². The van der Waals surface area contributed by atoms with E-state index in [1.807, 2.05) is 32.0 Å². The van der Waals surface area contributed by atoms with E-state index < -0.39 is 9.05 Å². The first-order valence-electron chi connectivity index (χ1n) is 4.96. The highest BCUT2D eigenvalue weighted by atomic mass is 35.7. The van der Waals surface area contributed by atoms with Crippen molar-refractivity contribution in [2.75, 3.05) is 0 Å². The minimum absolute atomic E-state index is 0.0205. The van der Waals surface area contributed by atoms with Gasteiger partial charge in [0.15, 0.2) is 5.03 Å². The third-order valence-corrected chi connectivity index (χ3v) is 3.73. The molecule has 2 aromatic rings. The van der Waals surface area contributed by atoms with Crippen LogP contribution in [0.4, 0.5) is 0 Å². The number of nitrogens with zero attached hydrogens (tertiary/aromatic N) is 2. The summed E-state index contributed by atoms with van der Waals surface area (Å²) in [5.41, 5.74) is 2.68. The fraction of sp³-hybridized carbons (Fsp3) is 0.182. The van der Waals surface area contributed by atoms with Gasteiger partial charge in [0.05, 0.1) is 11.9 Å². The van der Waals surface area contributed by atoms with Gasteiger partial charge in [0.2, 0.25) is 0 Å². The summed E-state index contributed by atoms with van der Waals surface area (Å²) in [5.74, 6) is 0. The predicted molar refractivity (Wildman–Crippen MR) is 66.1 cm³/mol. The highest BCUT2D eigenvalue weighted by Gasteiger charge is 2.18. The molecule has 0 saturated heterocycles. The molecule has 0 atom stereocenters. The smallest absolute Gasteiger partial charge is 0.221 e. The second kappa shape index (κ2) is 4.16. The number of hydrogen-bond donors (Lipinski definition) is 0. The molecule has 0 spiro atoms. The number of aromatic nitrogens is 2. The van der Waals surface area contributed by atoms with E-state index in [0.717, 1.165) is 11.1 Å². The molecule has 0 fully saturated rings. The van der Waals surface area contributed by atoms with Crippen molar-refractivity contribution in [3.8, 4) is 5.69 Å². The number of hydrogen-bond acceptors (Lipinski definition) is 3. The summed E-state index contributed by atoms with van der Waals surface area (Å²) in [5, 5.41) is 3.99. The van der Waals surface area contributed by atoms with Crippen LogP contribution in [0.1, 0.15) is 11.1 Å². The SMILES string of the molecule is Cc1ccc(C)c(-n2nccc2S(=O)(=O)Cl)c1. The van der Waals surface area contributed by atoms with Crippen LogP contribution in [0.15, 0.2) is 35.5 Å². The Morgan fingerprint density at radius 1 is 1.24 bits per heavy atom. The molecule has 6 heteroatoms. The van der Waals surface area contributed by atoms with E-state index in [0.29, 0.717) is 5.69 Å². The Hall–Kier alpha value is -1.33. The maximum atomic E-state index is 11.4. The van der Waals surface area contributed by atoms with E-state index in [-0.39, 0.29) is 5.03 Å². The first-order valence-corrected chi connectivity index (χ1v) is 7.27. The normalized spacial score (nSPS) is 11.7. The highest BCUT2D eigenvalue weighted by molar-refractivity contribution is 8.13. The largest absolute Gasteiger partial charge is 0.278 e. The van der Waals surface area contributed by atoms with Gasteiger partial charge in [-0.1, -0.05) is 12.1 Å². The molecule has 0 unspecified atom stereocenters. The van der Waals surface area contributed by atoms with Crippen LogP contribution in [-0.2, 0) is 9.05 Å². The Morgan fingerprint density at radius 3 is 2.59 bits per heavy atom. The van der Waals surface area contributed by atoms with Crippen LogP contribution in [0.2, 0.25) is 0 Å². The molecule has 0 saturated carbocycles. The molecule has 4 nitrogen and oxygen atoms in total. The van der Waals surface area contributed by atoms with Gasteiger partial charge in [-0.25, -0.2) is 13.1 Å². The second-order valence-corrected chi connectivity index (χ2v) is 6.32. The van der Waals surface area contributed by atoms with Gasteiger partial charge in [-0.2, -0.15) is 5.10 Å². The lowest BCUT2D eigenvalue weighted by Crippen LogP contribution is -2.06. The molecule has 0 aliphatic carbocycles. The van der Waals surface area contributed by atoms with Crippen LogP contribution in [0.5, 0.6) is 0 Å². The fourth-order valence-corrected chi connectivity index (χ4v) is 2.53. The van der Waals surface area contributed by atoms with E-state index in [1.165, 1.54) is 16.9 Å². The molecule has 0 bridgehead atoms. The summed E-state index contributed by atoms with van der Waals surface area (Å²) in [6.45, 7) is 3.82. The zero-order valence-electron chi connectivity index (χ0n) is 9.38. The Bertz CT molecular complexity index is 662. The predicted octanol–water partition coefficient (Wildman–Crippen LogP) is 2.42. The fourth-order valence-electron chi connectivity index (χ4n) is 1.60. The van der Waals surface area contributed by atoms with Crippen LogP contribution >= 0.6 is 10.7 Å². The molecular weight excluding hydrogens is 260 g/mol. The number of aryl methyl sites for hydroxylation is 2. The van der Waals surface area contributed by atoms with Crippen molar-refractivity contribution in [3.05, 3.63) is 41.6 Å². The van der Waals surface area contributed by atoms with Gasteiger partial charge in [-0.15, -0.1) is 0 Å². The molecule has 90 valence electrons. The molecule has 0 amide bonds. The van der Waals surface area contributed by atoms with Crippen molar-refractivity contribution in [2.45, 2.75) is 18.9 Å². The Kier molecular flexibility index (Phi) is 2.97. The lowest BCUT2D eigenvalue weighted by Gasteiger charge is -2.09. The van der Waals surface area contributed by atoms with Crippen molar-refractivity contribution >= 4 is 19.7 Å². The molecule has 0 aliphatic rings. The van der Waals surface area contributed by atoms with Crippen molar-refractivity contribution in [2.24, 2.45) is 0 Å². The summed E-state index contributed by atoms with van der Waals surface area (Å²) < 4.78 is 24.1. The molecule has 0 N–H and O–H groups in total. The second-order valence-electron chi connectivity index (χ2n) is 3.81. The molecule has 1 aromatic carbocycles. The lowest BCUT2D eigenvalue weighted by atomic mass is 10.1. The standard InChI is InChI=1S/C11H11ClN2O2S/c1-8-3-4-9(2)10(7-8)14-11(5-6-13-14)17(12,15)16/h3-7H,1-2H3. The molecular formula is C11H11ClN2O2S. The van der Waals surface area contributed by atoms with Crippen molar-refractivity contribution in [1.82, 2.24) is 9.78 Å². The van der Waals surface area contributed by atoms with Crippen LogP contribution in [-0.4, -0.2) is 18.2 Å². The van der Waals surface area contributed by atoms with E-state index >= 15 is 0 Å². The van der Waals surface area contributed by atoms with Gasteiger partial charge < -0.3 is 0 Å². The summed E-state index contributed by atoms with van der Waals surface area (Å²) >= 11 is 0. The van der Waals surface area contributed by atoms with Gasteiger partial charge >= 0.3 is 0 Å². The molecule has 1 heterocycles. The third-order valence-electron chi connectivity index (χ3n) is 2.45. The Labute approximate surface area is 104 Å². The van der Waals surface area contributed by atoms with Crippen molar-refractivity contribution in [1.29, 1.82) is 0 Å². The molecule has 17 heavy (non-hydrogen) atoms. The summed E-state index contributed by atoms with van der Waals surface area (Å²) in [6, 6.07) is 7.12. The first kappa shape index (κ1) is 12.1. The van der Waals surface area contributed by atoms with Gasteiger partial charge in [0.1, 0.15) is 0 Å². The van der Waals surface area contributed by atoms with Gasteiger partial charge in [-0.3, -0.25) is 0 Å². The van der Waals surface area contributed by atoms with Gasteiger partial charge in [0.25, 0.3) is 9.05 Å². The molecule has 1 aromatic heterocycles. The Balaban J connectivity index is 2.70. The van der Waals surface area contributed by atoms with E-state index in [9.17, 15) is 8.42 Å².